The van der Waals surface area contributed by atoms with Gasteiger partial charge in [0, 0.05) is 31.4 Å². The molecular weight excluding hydrogens is 328 g/mol. The topological polar surface area (TPSA) is 58.4 Å². The predicted octanol–water partition coefficient (Wildman–Crippen LogP) is 2.68. The molecule has 0 radical (unpaired) electrons. The van der Waals surface area contributed by atoms with Gasteiger partial charge in [-0.3, -0.25) is 14.4 Å². The van der Waals surface area contributed by atoms with E-state index in [9.17, 15) is 18.7 Å². The van der Waals surface area contributed by atoms with Crippen LogP contribution in [0, 0.1) is 6.92 Å². The number of alkyl halides is 2. The first-order valence-electron chi connectivity index (χ1n) is 8.23. The molecular formula is C18H21F2N3O2. The van der Waals surface area contributed by atoms with E-state index >= 15 is 0 Å². The highest BCUT2D eigenvalue weighted by molar-refractivity contribution is 5.82. The average molecular weight is 349 g/mol. The molecule has 1 aliphatic rings. The highest BCUT2D eigenvalue weighted by Gasteiger charge is 2.46. The van der Waals surface area contributed by atoms with Crippen molar-refractivity contribution in [2.24, 2.45) is 0 Å². The van der Waals surface area contributed by atoms with E-state index < -0.39 is 24.4 Å². The number of halogens is 2. The van der Waals surface area contributed by atoms with Crippen molar-refractivity contribution in [2.45, 2.75) is 38.3 Å². The van der Waals surface area contributed by atoms with Crippen molar-refractivity contribution >= 4 is 5.97 Å². The van der Waals surface area contributed by atoms with E-state index in [-0.39, 0.29) is 0 Å². The van der Waals surface area contributed by atoms with Gasteiger partial charge in [-0.05, 0) is 18.9 Å². The Hall–Kier alpha value is -2.28. The summed E-state index contributed by atoms with van der Waals surface area (Å²) >= 11 is 0. The first kappa shape index (κ1) is 17.5. The molecule has 1 fully saturated rings. The molecule has 1 unspecified atom stereocenters. The number of aryl methyl sites for hydroxylation is 1. The molecule has 0 amide bonds. The van der Waals surface area contributed by atoms with Crippen molar-refractivity contribution in [3.63, 3.8) is 0 Å². The SMILES string of the molecule is Cc1nn(CC(F)F)cc1CN1CCC(C(=O)O)(c2ccccc2)C1. The zero-order chi connectivity index (χ0) is 18.0. The number of likely N-dealkylation sites (tertiary alicyclic amines) is 1. The maximum absolute atomic E-state index is 12.5. The first-order valence-corrected chi connectivity index (χ1v) is 8.23. The number of hydrogen-bond acceptors (Lipinski definition) is 3. The summed E-state index contributed by atoms with van der Waals surface area (Å²) in [7, 11) is 0. The maximum Gasteiger partial charge on any atom is 0.315 e. The largest absolute Gasteiger partial charge is 0.481 e. The van der Waals surface area contributed by atoms with Gasteiger partial charge in [0.05, 0.1) is 5.69 Å². The lowest BCUT2D eigenvalue weighted by Gasteiger charge is -2.25. The highest BCUT2D eigenvalue weighted by atomic mass is 19.3. The minimum atomic E-state index is -2.45. The van der Waals surface area contributed by atoms with Gasteiger partial charge in [0.25, 0.3) is 6.43 Å². The fraction of sp³-hybridized carbons (Fsp3) is 0.444. The van der Waals surface area contributed by atoms with E-state index in [1.165, 1.54) is 4.68 Å². The lowest BCUT2D eigenvalue weighted by atomic mass is 9.80. The number of hydrogen-bond donors (Lipinski definition) is 1. The summed E-state index contributed by atoms with van der Waals surface area (Å²) < 4.78 is 26.3. The molecule has 2 aromatic rings. The van der Waals surface area contributed by atoms with Crippen LogP contribution in [0.1, 0.15) is 23.2 Å². The Morgan fingerprint density at radius 2 is 2.08 bits per heavy atom. The third kappa shape index (κ3) is 3.56. The van der Waals surface area contributed by atoms with Crippen molar-refractivity contribution in [1.29, 1.82) is 0 Å². The number of carboxylic acids is 1. The molecule has 1 aromatic carbocycles. The number of carbonyl (C=O) groups is 1. The van der Waals surface area contributed by atoms with Crippen molar-refractivity contribution in [1.82, 2.24) is 14.7 Å². The van der Waals surface area contributed by atoms with Crippen LogP contribution in [0.15, 0.2) is 36.5 Å². The van der Waals surface area contributed by atoms with Gasteiger partial charge in [0.1, 0.15) is 12.0 Å². The third-order valence-electron chi connectivity index (χ3n) is 4.85. The summed E-state index contributed by atoms with van der Waals surface area (Å²) in [6, 6.07) is 9.27. The second-order valence-electron chi connectivity index (χ2n) is 6.57. The van der Waals surface area contributed by atoms with Gasteiger partial charge in [-0.15, -0.1) is 0 Å². The van der Waals surface area contributed by atoms with Crippen LogP contribution in [-0.2, 0) is 23.3 Å². The first-order chi connectivity index (χ1) is 11.9. The number of rotatable bonds is 6. The third-order valence-corrected chi connectivity index (χ3v) is 4.85. The number of benzene rings is 1. The highest BCUT2D eigenvalue weighted by Crippen LogP contribution is 2.35. The summed E-state index contributed by atoms with van der Waals surface area (Å²) in [6.07, 6.45) is -0.293. The summed E-state index contributed by atoms with van der Waals surface area (Å²) in [5.74, 6) is -0.827. The molecule has 5 nitrogen and oxygen atoms in total. The molecule has 2 heterocycles. The Labute approximate surface area is 144 Å². The van der Waals surface area contributed by atoms with Crippen LogP contribution < -0.4 is 0 Å². The van der Waals surface area contributed by atoms with E-state index in [0.29, 0.717) is 31.7 Å². The van der Waals surface area contributed by atoms with E-state index in [2.05, 4.69) is 10.00 Å². The fourth-order valence-electron chi connectivity index (χ4n) is 3.50. The Kier molecular flexibility index (Phi) is 4.85. The van der Waals surface area contributed by atoms with Crippen LogP contribution in [0.3, 0.4) is 0 Å². The van der Waals surface area contributed by atoms with Crippen LogP contribution in [0.5, 0.6) is 0 Å². The van der Waals surface area contributed by atoms with Crippen LogP contribution >= 0.6 is 0 Å². The van der Waals surface area contributed by atoms with Crippen LogP contribution in [-0.4, -0.2) is 45.3 Å². The van der Waals surface area contributed by atoms with Gasteiger partial charge >= 0.3 is 5.97 Å². The molecule has 25 heavy (non-hydrogen) atoms. The van der Waals surface area contributed by atoms with E-state index in [0.717, 1.165) is 11.1 Å². The molecule has 7 heteroatoms. The minimum Gasteiger partial charge on any atom is -0.481 e. The minimum absolute atomic E-state index is 0.395. The summed E-state index contributed by atoms with van der Waals surface area (Å²) in [5.41, 5.74) is 1.44. The quantitative estimate of drug-likeness (QED) is 0.871. The van der Waals surface area contributed by atoms with Crippen LogP contribution in [0.25, 0.3) is 0 Å². The van der Waals surface area contributed by atoms with Gasteiger partial charge in [0.2, 0.25) is 0 Å². The van der Waals surface area contributed by atoms with Gasteiger partial charge in [-0.2, -0.15) is 5.10 Å². The number of aromatic nitrogens is 2. The second kappa shape index (κ2) is 6.92. The number of carboxylic acid groups (broad SMARTS) is 1. The number of aliphatic carboxylic acids is 1. The Morgan fingerprint density at radius 3 is 2.72 bits per heavy atom. The lowest BCUT2D eigenvalue weighted by molar-refractivity contribution is -0.143. The summed E-state index contributed by atoms with van der Waals surface area (Å²) in [6.45, 7) is 2.91. The molecule has 1 N–H and O–H groups in total. The molecule has 0 saturated carbocycles. The van der Waals surface area contributed by atoms with Gasteiger partial charge < -0.3 is 5.11 Å². The summed E-state index contributed by atoms with van der Waals surface area (Å²) in [4.78, 5) is 14.0. The Morgan fingerprint density at radius 1 is 1.36 bits per heavy atom. The van der Waals surface area contributed by atoms with Gasteiger partial charge in [0.15, 0.2) is 0 Å². The van der Waals surface area contributed by atoms with Crippen LogP contribution in [0.4, 0.5) is 8.78 Å². The zero-order valence-corrected chi connectivity index (χ0v) is 14.0. The monoisotopic (exact) mass is 349 g/mol. The van der Waals surface area contributed by atoms with E-state index in [1.807, 2.05) is 30.3 Å². The normalized spacial score (nSPS) is 21.1. The van der Waals surface area contributed by atoms with Crippen molar-refractivity contribution in [3.8, 4) is 0 Å². The maximum atomic E-state index is 12.5. The van der Waals surface area contributed by atoms with E-state index in [4.69, 9.17) is 0 Å². The molecule has 1 aromatic heterocycles. The molecule has 1 saturated heterocycles. The van der Waals surface area contributed by atoms with Crippen molar-refractivity contribution in [2.75, 3.05) is 13.1 Å². The predicted molar refractivity (Wildman–Crippen MR) is 88.6 cm³/mol. The molecule has 0 aliphatic carbocycles. The Balaban J connectivity index is 1.76. The van der Waals surface area contributed by atoms with Crippen molar-refractivity contribution < 1.29 is 18.7 Å². The molecule has 0 bridgehead atoms. The van der Waals surface area contributed by atoms with Gasteiger partial charge in [-0.1, -0.05) is 30.3 Å². The van der Waals surface area contributed by atoms with E-state index in [1.54, 1.807) is 13.1 Å². The smallest absolute Gasteiger partial charge is 0.315 e. The Bertz CT molecular complexity index is 748. The standard InChI is InChI=1S/C18H21F2N3O2/c1-13-14(10-23(21-13)11-16(19)20)9-22-8-7-18(12-22,17(24)25)15-5-3-2-4-6-15/h2-6,10,16H,7-9,11-12H2,1H3,(H,24,25). The average Bonchev–Trinajstić information content (AvgIpc) is 3.13. The molecule has 1 atom stereocenters. The zero-order valence-electron chi connectivity index (χ0n) is 14.0. The second-order valence-corrected chi connectivity index (χ2v) is 6.57. The summed E-state index contributed by atoms with van der Waals surface area (Å²) in [5, 5.41) is 13.9. The lowest BCUT2D eigenvalue weighted by Crippen LogP contribution is -2.38. The van der Waals surface area contributed by atoms with Crippen LogP contribution in [0.2, 0.25) is 0 Å². The molecule has 134 valence electrons. The molecule has 3 rings (SSSR count). The molecule has 1 aliphatic heterocycles. The molecule has 0 spiro atoms. The van der Waals surface area contributed by atoms with Crippen molar-refractivity contribution in [3.05, 3.63) is 53.3 Å². The van der Waals surface area contributed by atoms with Gasteiger partial charge in [-0.25, -0.2) is 8.78 Å². The number of nitrogens with zero attached hydrogens (tertiary/aromatic N) is 3. The fourth-order valence-corrected chi connectivity index (χ4v) is 3.50.